The number of amides is 1. The SMILES string of the molecule is CCC(NC(=O)CNc1ccccc1Cl)c1ccccc1. The van der Waals surface area contributed by atoms with Crippen LogP contribution in [0.2, 0.25) is 5.02 Å². The zero-order valence-corrected chi connectivity index (χ0v) is 12.7. The van der Waals surface area contributed by atoms with E-state index in [1.165, 1.54) is 0 Å². The lowest BCUT2D eigenvalue weighted by Crippen LogP contribution is -2.33. The highest BCUT2D eigenvalue weighted by atomic mass is 35.5. The average Bonchev–Trinajstić information content (AvgIpc) is 2.52. The molecule has 2 N–H and O–H groups in total. The molecule has 2 rings (SSSR count). The van der Waals surface area contributed by atoms with E-state index < -0.39 is 0 Å². The van der Waals surface area contributed by atoms with E-state index in [0.29, 0.717) is 5.02 Å². The van der Waals surface area contributed by atoms with Crippen molar-refractivity contribution in [1.29, 1.82) is 0 Å². The molecule has 0 spiro atoms. The fourth-order valence-corrected chi connectivity index (χ4v) is 2.33. The first-order valence-corrected chi connectivity index (χ1v) is 7.41. The minimum absolute atomic E-state index is 0.0340. The van der Waals surface area contributed by atoms with Crippen LogP contribution in [0.25, 0.3) is 0 Å². The van der Waals surface area contributed by atoms with Gasteiger partial charge in [0, 0.05) is 0 Å². The summed E-state index contributed by atoms with van der Waals surface area (Å²) in [4.78, 5) is 12.1. The van der Waals surface area contributed by atoms with E-state index in [-0.39, 0.29) is 18.5 Å². The van der Waals surface area contributed by atoms with Crippen LogP contribution in [-0.4, -0.2) is 12.5 Å². The van der Waals surface area contributed by atoms with Gasteiger partial charge in [0.1, 0.15) is 0 Å². The van der Waals surface area contributed by atoms with Gasteiger partial charge in [0.25, 0.3) is 0 Å². The Kier molecular flexibility index (Phi) is 5.64. The quantitative estimate of drug-likeness (QED) is 0.846. The molecular weight excluding hydrogens is 284 g/mol. The third-order valence-electron chi connectivity index (χ3n) is 3.26. The summed E-state index contributed by atoms with van der Waals surface area (Å²) in [5.74, 6) is -0.0503. The molecule has 0 bridgehead atoms. The molecule has 21 heavy (non-hydrogen) atoms. The first-order chi connectivity index (χ1) is 10.2. The van der Waals surface area contributed by atoms with Crippen LogP contribution in [0.4, 0.5) is 5.69 Å². The molecule has 3 nitrogen and oxygen atoms in total. The lowest BCUT2D eigenvalue weighted by molar-refractivity contribution is -0.120. The molecule has 1 unspecified atom stereocenters. The molecule has 2 aromatic rings. The van der Waals surface area contributed by atoms with Gasteiger partial charge in [0.15, 0.2) is 0 Å². The number of carbonyl (C=O) groups excluding carboxylic acids is 1. The molecule has 0 aliphatic carbocycles. The Hall–Kier alpha value is -2.00. The molecule has 0 fully saturated rings. The lowest BCUT2D eigenvalue weighted by atomic mass is 10.0. The summed E-state index contributed by atoms with van der Waals surface area (Å²) in [6, 6.07) is 17.4. The summed E-state index contributed by atoms with van der Waals surface area (Å²) >= 11 is 6.04. The Labute approximate surface area is 130 Å². The van der Waals surface area contributed by atoms with Crippen molar-refractivity contribution in [3.05, 3.63) is 65.2 Å². The fraction of sp³-hybridized carbons (Fsp3) is 0.235. The number of rotatable bonds is 6. The largest absolute Gasteiger partial charge is 0.375 e. The number of hydrogen-bond acceptors (Lipinski definition) is 2. The topological polar surface area (TPSA) is 41.1 Å². The first-order valence-electron chi connectivity index (χ1n) is 7.03. The summed E-state index contributed by atoms with van der Waals surface area (Å²) in [6.45, 7) is 2.26. The maximum absolute atomic E-state index is 12.1. The van der Waals surface area contributed by atoms with Gasteiger partial charge in [0.05, 0.1) is 23.3 Å². The molecule has 1 amide bonds. The molecular formula is C17H19ClN2O. The van der Waals surface area contributed by atoms with E-state index >= 15 is 0 Å². The number of halogens is 1. The highest BCUT2D eigenvalue weighted by Gasteiger charge is 2.12. The fourth-order valence-electron chi connectivity index (χ4n) is 2.13. The highest BCUT2D eigenvalue weighted by Crippen LogP contribution is 2.20. The van der Waals surface area contributed by atoms with Gasteiger partial charge >= 0.3 is 0 Å². The molecule has 4 heteroatoms. The molecule has 1 atom stereocenters. The van der Waals surface area contributed by atoms with Crippen LogP contribution in [0.3, 0.4) is 0 Å². The number of carbonyl (C=O) groups is 1. The minimum atomic E-state index is -0.0503. The maximum Gasteiger partial charge on any atom is 0.239 e. The van der Waals surface area contributed by atoms with Gasteiger partial charge in [-0.2, -0.15) is 0 Å². The van der Waals surface area contributed by atoms with Crippen molar-refractivity contribution in [2.45, 2.75) is 19.4 Å². The van der Waals surface area contributed by atoms with Gasteiger partial charge in [-0.05, 0) is 24.1 Å². The van der Waals surface area contributed by atoms with Crippen molar-refractivity contribution in [2.75, 3.05) is 11.9 Å². The maximum atomic E-state index is 12.1. The van der Waals surface area contributed by atoms with E-state index in [1.54, 1.807) is 6.07 Å². The third kappa shape index (κ3) is 4.50. The number of benzene rings is 2. The third-order valence-corrected chi connectivity index (χ3v) is 3.59. The van der Waals surface area contributed by atoms with Crippen molar-refractivity contribution < 1.29 is 4.79 Å². The molecule has 0 radical (unpaired) electrons. The molecule has 0 saturated heterocycles. The molecule has 0 aromatic heterocycles. The van der Waals surface area contributed by atoms with E-state index in [4.69, 9.17) is 11.6 Å². The molecule has 0 saturated carbocycles. The monoisotopic (exact) mass is 302 g/mol. The summed E-state index contributed by atoms with van der Waals surface area (Å²) < 4.78 is 0. The van der Waals surface area contributed by atoms with Crippen molar-refractivity contribution >= 4 is 23.2 Å². The van der Waals surface area contributed by atoms with E-state index in [1.807, 2.05) is 48.5 Å². The van der Waals surface area contributed by atoms with Crippen LogP contribution in [-0.2, 0) is 4.79 Å². The van der Waals surface area contributed by atoms with Gasteiger partial charge < -0.3 is 10.6 Å². The second-order valence-corrected chi connectivity index (χ2v) is 5.18. The van der Waals surface area contributed by atoms with E-state index in [0.717, 1.165) is 17.7 Å². The standard InChI is InChI=1S/C17H19ClN2O/c1-2-15(13-8-4-3-5-9-13)20-17(21)12-19-16-11-7-6-10-14(16)18/h3-11,15,19H,2,12H2,1H3,(H,20,21). The average molecular weight is 303 g/mol. The summed E-state index contributed by atoms with van der Waals surface area (Å²) in [7, 11) is 0. The van der Waals surface area contributed by atoms with Crippen molar-refractivity contribution in [1.82, 2.24) is 5.32 Å². The van der Waals surface area contributed by atoms with Crippen molar-refractivity contribution in [3.63, 3.8) is 0 Å². The van der Waals surface area contributed by atoms with Crippen LogP contribution in [0.1, 0.15) is 24.9 Å². The second kappa shape index (κ2) is 7.70. The Balaban J connectivity index is 1.90. The summed E-state index contributed by atoms with van der Waals surface area (Å²) in [6.07, 6.45) is 0.849. The van der Waals surface area contributed by atoms with Gasteiger partial charge in [-0.3, -0.25) is 4.79 Å². The minimum Gasteiger partial charge on any atom is -0.375 e. The van der Waals surface area contributed by atoms with E-state index in [2.05, 4.69) is 17.6 Å². The van der Waals surface area contributed by atoms with Crippen molar-refractivity contribution in [3.8, 4) is 0 Å². The molecule has 2 aromatic carbocycles. The zero-order valence-electron chi connectivity index (χ0n) is 12.0. The van der Waals surface area contributed by atoms with Crippen molar-refractivity contribution in [2.24, 2.45) is 0 Å². The summed E-state index contributed by atoms with van der Waals surface area (Å²) in [5.41, 5.74) is 1.88. The number of nitrogens with one attached hydrogen (secondary N) is 2. The van der Waals surface area contributed by atoms with Gasteiger partial charge in [0.2, 0.25) is 5.91 Å². The molecule has 0 heterocycles. The second-order valence-electron chi connectivity index (χ2n) is 4.77. The molecule has 0 aliphatic heterocycles. The van der Waals surface area contributed by atoms with Crippen LogP contribution in [0, 0.1) is 0 Å². The normalized spacial score (nSPS) is 11.7. The smallest absolute Gasteiger partial charge is 0.239 e. The Morgan fingerprint density at radius 3 is 2.43 bits per heavy atom. The van der Waals surface area contributed by atoms with Crippen LogP contribution < -0.4 is 10.6 Å². The van der Waals surface area contributed by atoms with Gasteiger partial charge in [-0.25, -0.2) is 0 Å². The van der Waals surface area contributed by atoms with Crippen LogP contribution >= 0.6 is 11.6 Å². The first kappa shape index (κ1) is 15.4. The predicted molar refractivity (Wildman–Crippen MR) is 87.6 cm³/mol. The number of anilines is 1. The van der Waals surface area contributed by atoms with E-state index in [9.17, 15) is 4.79 Å². The Morgan fingerprint density at radius 2 is 1.76 bits per heavy atom. The van der Waals surface area contributed by atoms with Crippen LogP contribution in [0.5, 0.6) is 0 Å². The van der Waals surface area contributed by atoms with Gasteiger partial charge in [-0.1, -0.05) is 61.0 Å². The predicted octanol–water partition coefficient (Wildman–Crippen LogP) is 4.02. The number of hydrogen-bond donors (Lipinski definition) is 2. The van der Waals surface area contributed by atoms with Crippen LogP contribution in [0.15, 0.2) is 54.6 Å². The number of para-hydroxylation sites is 1. The Morgan fingerprint density at radius 1 is 1.10 bits per heavy atom. The lowest BCUT2D eigenvalue weighted by Gasteiger charge is -2.18. The Bertz CT molecular complexity index is 586. The van der Waals surface area contributed by atoms with Gasteiger partial charge in [-0.15, -0.1) is 0 Å². The molecule has 110 valence electrons. The molecule has 0 aliphatic rings. The zero-order chi connectivity index (χ0) is 15.1. The highest BCUT2D eigenvalue weighted by molar-refractivity contribution is 6.33. The summed E-state index contributed by atoms with van der Waals surface area (Å²) in [5, 5.41) is 6.69.